The van der Waals surface area contributed by atoms with Gasteiger partial charge in [0, 0.05) is 18.6 Å². The summed E-state index contributed by atoms with van der Waals surface area (Å²) >= 11 is 0. The van der Waals surface area contributed by atoms with Gasteiger partial charge in [-0.05, 0) is 24.8 Å². The largest absolute Gasteiger partial charge is 0.205 e. The molecule has 0 atom stereocenters. The highest BCUT2D eigenvalue weighted by molar-refractivity contribution is 5.07. The minimum absolute atomic E-state index is 1.18. The predicted molar refractivity (Wildman–Crippen MR) is 92.5 cm³/mol. The molecule has 0 radical (unpaired) electrons. The van der Waals surface area contributed by atoms with Gasteiger partial charge < -0.3 is 0 Å². The van der Waals surface area contributed by atoms with Crippen LogP contribution in [0.3, 0.4) is 0 Å². The highest BCUT2D eigenvalue weighted by Gasteiger charge is 2.01. The van der Waals surface area contributed by atoms with Crippen molar-refractivity contribution < 1.29 is 4.57 Å². The van der Waals surface area contributed by atoms with E-state index < -0.39 is 0 Å². The van der Waals surface area contributed by atoms with Gasteiger partial charge in [0.15, 0.2) is 12.4 Å². The molecule has 1 heterocycles. The predicted octanol–water partition coefficient (Wildman–Crippen LogP) is 5.85. The lowest BCUT2D eigenvalue weighted by molar-refractivity contribution is -0.697. The van der Waals surface area contributed by atoms with Crippen molar-refractivity contribution in [1.29, 1.82) is 0 Å². The summed E-state index contributed by atoms with van der Waals surface area (Å²) < 4.78 is 2.35. The van der Waals surface area contributed by atoms with E-state index in [1.807, 2.05) is 0 Å². The fourth-order valence-corrected chi connectivity index (χ4v) is 2.81. The van der Waals surface area contributed by atoms with Crippen LogP contribution < -0.4 is 4.57 Å². The Bertz CT molecular complexity index is 328. The zero-order chi connectivity index (χ0) is 15.2. The van der Waals surface area contributed by atoms with Crippen LogP contribution in [0.4, 0.5) is 0 Å². The van der Waals surface area contributed by atoms with E-state index in [2.05, 4.69) is 42.9 Å². The maximum Gasteiger partial charge on any atom is 0.169 e. The third kappa shape index (κ3) is 9.66. The Kier molecular flexibility index (Phi) is 11.1. The quantitative estimate of drug-likeness (QED) is 0.317. The summed E-state index contributed by atoms with van der Waals surface area (Å²) in [7, 11) is 0. The van der Waals surface area contributed by atoms with Crippen LogP contribution in [-0.4, -0.2) is 0 Å². The Labute approximate surface area is 132 Å². The topological polar surface area (TPSA) is 3.88 Å². The number of unbranched alkanes of at least 4 members (excludes halogenated alkanes) is 9. The van der Waals surface area contributed by atoms with Crippen LogP contribution in [0.25, 0.3) is 0 Å². The highest BCUT2D eigenvalue weighted by Crippen LogP contribution is 2.08. The normalized spacial score (nSPS) is 11.0. The molecule has 0 bridgehead atoms. The Morgan fingerprint density at radius 2 is 1.19 bits per heavy atom. The summed E-state index contributed by atoms with van der Waals surface area (Å²) in [5.74, 6) is 0. The lowest BCUT2D eigenvalue weighted by atomic mass is 10.1. The number of aromatic nitrogens is 1. The van der Waals surface area contributed by atoms with E-state index in [1.54, 1.807) is 0 Å². The Hall–Kier alpha value is -0.850. The maximum absolute atomic E-state index is 2.35. The van der Waals surface area contributed by atoms with E-state index in [0.29, 0.717) is 0 Å². The van der Waals surface area contributed by atoms with Crippen molar-refractivity contribution in [1.82, 2.24) is 0 Å². The molecule has 0 fully saturated rings. The van der Waals surface area contributed by atoms with Gasteiger partial charge in [-0.15, -0.1) is 0 Å². The number of nitrogens with zero attached hydrogens (tertiary/aromatic N) is 1. The molecule has 1 aromatic rings. The maximum atomic E-state index is 2.35. The third-order valence-electron chi connectivity index (χ3n) is 4.30. The van der Waals surface area contributed by atoms with Crippen LogP contribution in [0.2, 0.25) is 0 Å². The SMILES string of the molecule is CCCCCCCCCC[n+]1ccc(CCCCC)cc1. The first-order valence-electron chi connectivity index (χ1n) is 9.34. The molecular formula is C20H36N+. The van der Waals surface area contributed by atoms with Crippen molar-refractivity contribution >= 4 is 0 Å². The molecule has 0 saturated heterocycles. The van der Waals surface area contributed by atoms with Crippen molar-refractivity contribution in [3.05, 3.63) is 30.1 Å². The van der Waals surface area contributed by atoms with Crippen molar-refractivity contribution in [3.63, 3.8) is 0 Å². The first-order valence-corrected chi connectivity index (χ1v) is 9.34. The molecule has 21 heavy (non-hydrogen) atoms. The monoisotopic (exact) mass is 290 g/mol. The second-order valence-electron chi connectivity index (χ2n) is 6.38. The summed E-state index contributed by atoms with van der Waals surface area (Å²) in [6.07, 6.45) is 21.0. The van der Waals surface area contributed by atoms with Gasteiger partial charge in [-0.25, -0.2) is 4.57 Å². The van der Waals surface area contributed by atoms with Gasteiger partial charge in [-0.2, -0.15) is 0 Å². The van der Waals surface area contributed by atoms with Gasteiger partial charge in [0.1, 0.15) is 6.54 Å². The summed E-state index contributed by atoms with van der Waals surface area (Å²) in [5.41, 5.74) is 1.50. The van der Waals surface area contributed by atoms with E-state index in [9.17, 15) is 0 Å². The molecule has 0 N–H and O–H groups in total. The van der Waals surface area contributed by atoms with Gasteiger partial charge >= 0.3 is 0 Å². The molecule has 0 aliphatic heterocycles. The second-order valence-corrected chi connectivity index (χ2v) is 6.38. The molecule has 0 aliphatic rings. The van der Waals surface area contributed by atoms with Gasteiger partial charge in [-0.1, -0.05) is 65.2 Å². The zero-order valence-corrected chi connectivity index (χ0v) is 14.4. The van der Waals surface area contributed by atoms with Crippen LogP contribution in [0, 0.1) is 0 Å². The Balaban J connectivity index is 2.04. The average molecular weight is 291 g/mol. The van der Waals surface area contributed by atoms with Crippen LogP contribution in [0.1, 0.15) is 90.0 Å². The molecule has 0 amide bonds. The summed E-state index contributed by atoms with van der Waals surface area (Å²) in [5, 5.41) is 0. The first-order chi connectivity index (χ1) is 10.4. The smallest absolute Gasteiger partial charge is 0.169 e. The third-order valence-corrected chi connectivity index (χ3v) is 4.30. The molecule has 0 spiro atoms. The second kappa shape index (κ2) is 12.9. The van der Waals surface area contributed by atoms with Crippen molar-refractivity contribution in [2.24, 2.45) is 0 Å². The van der Waals surface area contributed by atoms with Crippen LogP contribution in [0.5, 0.6) is 0 Å². The molecule has 0 aromatic carbocycles. The number of hydrogen-bond acceptors (Lipinski definition) is 0. The fourth-order valence-electron chi connectivity index (χ4n) is 2.81. The first kappa shape index (κ1) is 18.2. The summed E-state index contributed by atoms with van der Waals surface area (Å²) in [4.78, 5) is 0. The minimum Gasteiger partial charge on any atom is -0.205 e. The number of rotatable bonds is 13. The standard InChI is InChI=1S/C20H36N/c1-3-5-7-8-9-10-11-13-17-21-18-15-20(16-19-21)14-12-6-4-2/h15-16,18-19H,3-14,17H2,1-2H3/q+1. The molecule has 120 valence electrons. The molecule has 0 aliphatic carbocycles. The average Bonchev–Trinajstić information content (AvgIpc) is 2.52. The van der Waals surface area contributed by atoms with Gasteiger partial charge in [0.25, 0.3) is 0 Å². The van der Waals surface area contributed by atoms with E-state index in [-0.39, 0.29) is 0 Å². The van der Waals surface area contributed by atoms with E-state index in [1.165, 1.54) is 89.2 Å². The Morgan fingerprint density at radius 3 is 1.81 bits per heavy atom. The molecular weight excluding hydrogens is 254 g/mol. The number of hydrogen-bond donors (Lipinski definition) is 0. The van der Waals surface area contributed by atoms with Gasteiger partial charge in [-0.3, -0.25) is 0 Å². The van der Waals surface area contributed by atoms with Crippen LogP contribution >= 0.6 is 0 Å². The molecule has 1 aromatic heterocycles. The summed E-state index contributed by atoms with van der Waals surface area (Å²) in [6.45, 7) is 5.74. The molecule has 1 rings (SSSR count). The lowest BCUT2D eigenvalue weighted by Crippen LogP contribution is -2.32. The van der Waals surface area contributed by atoms with E-state index >= 15 is 0 Å². The van der Waals surface area contributed by atoms with Gasteiger partial charge in [0.05, 0.1) is 0 Å². The summed E-state index contributed by atoms with van der Waals surface area (Å²) in [6, 6.07) is 4.61. The van der Waals surface area contributed by atoms with Crippen LogP contribution in [-0.2, 0) is 13.0 Å². The lowest BCUT2D eigenvalue weighted by Gasteiger charge is -2.02. The van der Waals surface area contributed by atoms with Crippen molar-refractivity contribution in [3.8, 4) is 0 Å². The molecule has 0 unspecified atom stereocenters. The Morgan fingerprint density at radius 1 is 0.667 bits per heavy atom. The van der Waals surface area contributed by atoms with Crippen molar-refractivity contribution in [2.75, 3.05) is 0 Å². The molecule has 1 nitrogen and oxygen atoms in total. The highest BCUT2D eigenvalue weighted by atomic mass is 14.9. The number of aryl methyl sites for hydroxylation is 2. The van der Waals surface area contributed by atoms with Gasteiger partial charge in [0.2, 0.25) is 0 Å². The molecule has 1 heteroatoms. The minimum atomic E-state index is 1.18. The van der Waals surface area contributed by atoms with E-state index in [4.69, 9.17) is 0 Å². The molecule has 0 saturated carbocycles. The fraction of sp³-hybridized carbons (Fsp3) is 0.750. The van der Waals surface area contributed by atoms with Crippen LogP contribution in [0.15, 0.2) is 24.5 Å². The van der Waals surface area contributed by atoms with E-state index in [0.717, 1.165) is 0 Å². The zero-order valence-electron chi connectivity index (χ0n) is 14.4. The number of pyridine rings is 1. The van der Waals surface area contributed by atoms with Crippen molar-refractivity contribution in [2.45, 2.75) is 97.4 Å².